The molecular formula is C8H16FN2OP. The number of amides is 1. The average molecular weight is 206 g/mol. The molecule has 1 atom stereocenters. The third kappa shape index (κ3) is 9.44. The van der Waals surface area contributed by atoms with E-state index < -0.39 is 8.23 Å². The number of carbonyl (C=O) groups is 1. The van der Waals surface area contributed by atoms with Gasteiger partial charge in [-0.05, 0) is 26.6 Å². The Hall–Kier alpha value is -0.470. The van der Waals surface area contributed by atoms with E-state index in [0.717, 1.165) is 6.54 Å². The van der Waals surface area contributed by atoms with Crippen LogP contribution in [0.5, 0.6) is 0 Å². The molecule has 0 bridgehead atoms. The molecule has 1 N–H and O–H groups in total. The first-order valence-electron chi connectivity index (χ1n) is 4.01. The molecule has 0 aliphatic carbocycles. The molecule has 0 spiro atoms. The number of nitrogens with one attached hydrogen (secondary N) is 1. The van der Waals surface area contributed by atoms with Gasteiger partial charge in [-0.3, -0.25) is 4.79 Å². The minimum atomic E-state index is -1.61. The van der Waals surface area contributed by atoms with Crippen molar-refractivity contribution in [3.8, 4) is 0 Å². The minimum Gasteiger partial charge on any atom is -0.351 e. The van der Waals surface area contributed by atoms with Gasteiger partial charge < -0.3 is 10.2 Å². The second-order valence-corrected chi connectivity index (χ2v) is 4.28. The molecule has 0 aromatic heterocycles. The summed E-state index contributed by atoms with van der Waals surface area (Å²) in [5.74, 6) is 1.06. The van der Waals surface area contributed by atoms with Crippen LogP contribution >= 0.6 is 8.23 Å². The standard InChI is InChI=1S/C8H16FN2OP/c1-11(2)6-5-10-8(12)4-7-13(3)9/h4,7H,5-6H2,1-3H3,(H,10,12)/b7-4+. The van der Waals surface area contributed by atoms with E-state index in [9.17, 15) is 8.99 Å². The van der Waals surface area contributed by atoms with Gasteiger partial charge in [0.15, 0.2) is 0 Å². The van der Waals surface area contributed by atoms with E-state index in [-0.39, 0.29) is 5.91 Å². The molecule has 0 aliphatic heterocycles. The van der Waals surface area contributed by atoms with Gasteiger partial charge in [0, 0.05) is 19.2 Å². The summed E-state index contributed by atoms with van der Waals surface area (Å²) in [4.78, 5) is 12.9. The molecule has 0 fully saturated rings. The molecule has 0 saturated carbocycles. The number of halogens is 1. The Bertz CT molecular complexity index is 183. The van der Waals surface area contributed by atoms with Gasteiger partial charge in [-0.15, -0.1) is 0 Å². The Balaban J connectivity index is 3.52. The SMILES string of the molecule is CN(C)CCNC(=O)/C=C/P(C)F. The normalized spacial score (nSPS) is 13.6. The summed E-state index contributed by atoms with van der Waals surface area (Å²) in [6, 6.07) is 0. The maximum Gasteiger partial charge on any atom is 0.244 e. The van der Waals surface area contributed by atoms with Crippen molar-refractivity contribution in [2.45, 2.75) is 0 Å². The largest absolute Gasteiger partial charge is 0.351 e. The molecule has 0 heterocycles. The smallest absolute Gasteiger partial charge is 0.244 e. The van der Waals surface area contributed by atoms with Crippen LogP contribution in [0.15, 0.2) is 11.9 Å². The number of hydrogen-bond donors (Lipinski definition) is 1. The third-order valence-corrected chi connectivity index (χ3v) is 1.85. The summed E-state index contributed by atoms with van der Waals surface area (Å²) in [6.45, 7) is 2.82. The van der Waals surface area contributed by atoms with Gasteiger partial charge in [0.05, 0.1) is 0 Å². The molecule has 13 heavy (non-hydrogen) atoms. The fourth-order valence-corrected chi connectivity index (χ4v) is 0.973. The zero-order valence-corrected chi connectivity index (χ0v) is 9.14. The van der Waals surface area contributed by atoms with Crippen LogP contribution in [0.25, 0.3) is 0 Å². The van der Waals surface area contributed by atoms with Crippen LogP contribution in [0, 0.1) is 0 Å². The van der Waals surface area contributed by atoms with Crippen molar-refractivity contribution in [2.24, 2.45) is 0 Å². The van der Waals surface area contributed by atoms with Crippen molar-refractivity contribution in [1.29, 1.82) is 0 Å². The second-order valence-electron chi connectivity index (χ2n) is 2.93. The molecule has 76 valence electrons. The zero-order valence-electron chi connectivity index (χ0n) is 8.25. The highest BCUT2D eigenvalue weighted by atomic mass is 31.2. The lowest BCUT2D eigenvalue weighted by Crippen LogP contribution is -2.30. The van der Waals surface area contributed by atoms with E-state index in [1.165, 1.54) is 18.6 Å². The summed E-state index contributed by atoms with van der Waals surface area (Å²) in [5.41, 5.74) is 0. The van der Waals surface area contributed by atoms with E-state index in [2.05, 4.69) is 5.32 Å². The van der Waals surface area contributed by atoms with Crippen LogP contribution in [-0.2, 0) is 4.79 Å². The second kappa shape index (κ2) is 6.98. The lowest BCUT2D eigenvalue weighted by atomic mass is 10.5. The molecular weight excluding hydrogens is 190 g/mol. The molecule has 0 rings (SSSR count). The van der Waals surface area contributed by atoms with Gasteiger partial charge in [0.25, 0.3) is 0 Å². The number of carbonyl (C=O) groups excluding carboxylic acids is 1. The minimum absolute atomic E-state index is 0.228. The first kappa shape index (κ1) is 12.5. The molecule has 0 aliphatic rings. The fourth-order valence-electron chi connectivity index (χ4n) is 0.632. The molecule has 5 heteroatoms. The van der Waals surface area contributed by atoms with Crippen molar-refractivity contribution in [3.05, 3.63) is 11.9 Å². The van der Waals surface area contributed by atoms with Crippen molar-refractivity contribution < 1.29 is 8.99 Å². The maximum atomic E-state index is 12.3. The highest BCUT2D eigenvalue weighted by molar-refractivity contribution is 7.54. The first-order chi connectivity index (χ1) is 6.02. The van der Waals surface area contributed by atoms with Gasteiger partial charge in [-0.1, -0.05) is 0 Å². The Kier molecular flexibility index (Phi) is 6.73. The van der Waals surface area contributed by atoms with Gasteiger partial charge in [0.1, 0.15) is 8.23 Å². The Morgan fingerprint density at radius 2 is 2.23 bits per heavy atom. The van der Waals surface area contributed by atoms with Crippen molar-refractivity contribution in [1.82, 2.24) is 10.2 Å². The van der Waals surface area contributed by atoms with Crippen LogP contribution in [0.2, 0.25) is 0 Å². The van der Waals surface area contributed by atoms with E-state index in [1.54, 1.807) is 0 Å². The molecule has 3 nitrogen and oxygen atoms in total. The van der Waals surface area contributed by atoms with Gasteiger partial charge in [-0.2, -0.15) is 0 Å². The van der Waals surface area contributed by atoms with Crippen molar-refractivity contribution in [3.63, 3.8) is 0 Å². The van der Waals surface area contributed by atoms with Crippen molar-refractivity contribution in [2.75, 3.05) is 33.8 Å². The molecule has 1 amide bonds. The summed E-state index contributed by atoms with van der Waals surface area (Å²) < 4.78 is 12.3. The van der Waals surface area contributed by atoms with Crippen LogP contribution in [0.1, 0.15) is 0 Å². The lowest BCUT2D eigenvalue weighted by molar-refractivity contribution is -0.116. The summed E-state index contributed by atoms with van der Waals surface area (Å²) >= 11 is 0. The van der Waals surface area contributed by atoms with Crippen LogP contribution in [-0.4, -0.2) is 44.7 Å². The molecule has 0 saturated heterocycles. The molecule has 0 aromatic carbocycles. The van der Waals surface area contributed by atoms with E-state index in [1.807, 2.05) is 19.0 Å². The number of nitrogens with zero attached hydrogens (tertiary/aromatic N) is 1. The molecule has 1 unspecified atom stereocenters. The number of rotatable bonds is 5. The topological polar surface area (TPSA) is 32.3 Å². The van der Waals surface area contributed by atoms with Gasteiger partial charge in [0.2, 0.25) is 5.91 Å². The number of hydrogen-bond acceptors (Lipinski definition) is 2. The summed E-state index contributed by atoms with van der Waals surface area (Å²) in [7, 11) is 2.24. The van der Waals surface area contributed by atoms with Crippen LogP contribution in [0.4, 0.5) is 4.20 Å². The number of likely N-dealkylation sites (N-methyl/N-ethyl adjacent to an activating group) is 1. The lowest BCUT2D eigenvalue weighted by Gasteiger charge is -2.08. The van der Waals surface area contributed by atoms with E-state index >= 15 is 0 Å². The predicted molar refractivity (Wildman–Crippen MR) is 54.7 cm³/mol. The fraction of sp³-hybridized carbons (Fsp3) is 0.625. The van der Waals surface area contributed by atoms with Gasteiger partial charge in [-0.25, -0.2) is 4.20 Å². The predicted octanol–water partition coefficient (Wildman–Crippen LogP) is 1.17. The van der Waals surface area contributed by atoms with Crippen molar-refractivity contribution >= 4 is 14.1 Å². The van der Waals surface area contributed by atoms with Crippen LogP contribution in [0.3, 0.4) is 0 Å². The monoisotopic (exact) mass is 206 g/mol. The Morgan fingerprint density at radius 3 is 2.69 bits per heavy atom. The van der Waals surface area contributed by atoms with E-state index in [4.69, 9.17) is 0 Å². The maximum absolute atomic E-state index is 12.3. The first-order valence-corrected chi connectivity index (χ1v) is 5.76. The van der Waals surface area contributed by atoms with Crippen LogP contribution < -0.4 is 5.32 Å². The quantitative estimate of drug-likeness (QED) is 0.541. The molecule has 0 aromatic rings. The highest BCUT2D eigenvalue weighted by Gasteiger charge is 1.96. The summed E-state index contributed by atoms with van der Waals surface area (Å²) in [5, 5.41) is 2.65. The zero-order chi connectivity index (χ0) is 10.3. The Morgan fingerprint density at radius 1 is 1.62 bits per heavy atom. The highest BCUT2D eigenvalue weighted by Crippen LogP contribution is 2.32. The molecule has 0 radical (unpaired) electrons. The third-order valence-electron chi connectivity index (χ3n) is 1.29. The Labute approximate surface area is 79.9 Å². The average Bonchev–Trinajstić information content (AvgIpc) is 2.00. The van der Waals surface area contributed by atoms with Gasteiger partial charge >= 0.3 is 0 Å². The van der Waals surface area contributed by atoms with E-state index in [0.29, 0.717) is 6.54 Å². The summed E-state index contributed by atoms with van der Waals surface area (Å²) in [6.07, 6.45) is 1.25.